The predicted molar refractivity (Wildman–Crippen MR) is 57.9 cm³/mol. The highest BCUT2D eigenvalue weighted by molar-refractivity contribution is 5.89. The molecule has 2 atom stereocenters. The number of amides is 1. The SMILES string of the molecule is C=C1NC(=O)C=CN1C1CCC(CCO)O1. The second-order valence-corrected chi connectivity index (χ2v) is 3.96. The Morgan fingerprint density at radius 3 is 3.12 bits per heavy atom. The standard InChI is InChI=1S/C11H16N2O3/c1-8-12-10(15)4-6-13(8)11-3-2-9(16-11)5-7-14/h4,6,9,11,14H,1-3,5,7H2,(H,12,15). The molecule has 5 heteroatoms. The van der Waals surface area contributed by atoms with Crippen molar-refractivity contribution in [3.63, 3.8) is 0 Å². The van der Waals surface area contributed by atoms with Gasteiger partial charge in [0.1, 0.15) is 12.0 Å². The number of ether oxygens (including phenoxy) is 1. The van der Waals surface area contributed by atoms with Crippen LogP contribution in [-0.4, -0.2) is 34.9 Å². The summed E-state index contributed by atoms with van der Waals surface area (Å²) in [6.07, 6.45) is 5.63. The van der Waals surface area contributed by atoms with Gasteiger partial charge in [-0.15, -0.1) is 0 Å². The van der Waals surface area contributed by atoms with Gasteiger partial charge in [0.15, 0.2) is 0 Å². The zero-order valence-corrected chi connectivity index (χ0v) is 9.06. The molecule has 88 valence electrons. The fraction of sp³-hybridized carbons (Fsp3) is 0.545. The van der Waals surface area contributed by atoms with Crippen LogP contribution in [0, 0.1) is 0 Å². The van der Waals surface area contributed by atoms with E-state index in [1.807, 2.05) is 4.90 Å². The monoisotopic (exact) mass is 224 g/mol. The van der Waals surface area contributed by atoms with E-state index in [0.717, 1.165) is 12.8 Å². The number of nitrogens with one attached hydrogen (secondary N) is 1. The van der Waals surface area contributed by atoms with Crippen LogP contribution in [0.5, 0.6) is 0 Å². The Kier molecular flexibility index (Phi) is 3.26. The Morgan fingerprint density at radius 2 is 2.44 bits per heavy atom. The molecule has 0 bridgehead atoms. The minimum absolute atomic E-state index is 0.0825. The molecule has 2 rings (SSSR count). The second-order valence-electron chi connectivity index (χ2n) is 3.96. The van der Waals surface area contributed by atoms with Gasteiger partial charge in [0.2, 0.25) is 0 Å². The zero-order chi connectivity index (χ0) is 11.5. The van der Waals surface area contributed by atoms with Crippen molar-refractivity contribution in [1.29, 1.82) is 0 Å². The molecule has 0 radical (unpaired) electrons. The van der Waals surface area contributed by atoms with Crippen LogP contribution < -0.4 is 5.32 Å². The topological polar surface area (TPSA) is 61.8 Å². The van der Waals surface area contributed by atoms with E-state index in [-0.39, 0.29) is 24.8 Å². The average molecular weight is 224 g/mol. The number of aliphatic hydroxyl groups is 1. The molecule has 5 nitrogen and oxygen atoms in total. The summed E-state index contributed by atoms with van der Waals surface area (Å²) in [6.45, 7) is 3.92. The van der Waals surface area contributed by atoms with Gasteiger partial charge >= 0.3 is 0 Å². The van der Waals surface area contributed by atoms with Crippen LogP contribution in [0.4, 0.5) is 0 Å². The molecule has 2 N–H and O–H groups in total. The van der Waals surface area contributed by atoms with Gasteiger partial charge in [-0.05, 0) is 19.3 Å². The van der Waals surface area contributed by atoms with Crippen molar-refractivity contribution in [3.8, 4) is 0 Å². The van der Waals surface area contributed by atoms with Crippen LogP contribution >= 0.6 is 0 Å². The molecule has 0 saturated carbocycles. The Bertz CT molecular complexity index is 327. The lowest BCUT2D eigenvalue weighted by Crippen LogP contribution is -2.40. The highest BCUT2D eigenvalue weighted by Gasteiger charge is 2.30. The molecule has 1 amide bonds. The van der Waals surface area contributed by atoms with Crippen LogP contribution in [-0.2, 0) is 9.53 Å². The van der Waals surface area contributed by atoms with Crippen molar-refractivity contribution >= 4 is 5.91 Å². The van der Waals surface area contributed by atoms with Crippen molar-refractivity contribution in [2.75, 3.05) is 6.61 Å². The Hall–Kier alpha value is -1.33. The Labute approximate surface area is 94.4 Å². The highest BCUT2D eigenvalue weighted by atomic mass is 16.5. The molecule has 0 spiro atoms. The van der Waals surface area contributed by atoms with Crippen molar-refractivity contribution in [3.05, 3.63) is 24.7 Å². The molecule has 0 aromatic heterocycles. The smallest absolute Gasteiger partial charge is 0.250 e. The molecule has 1 fully saturated rings. The van der Waals surface area contributed by atoms with Gasteiger partial charge in [-0.3, -0.25) is 4.79 Å². The molecule has 2 unspecified atom stereocenters. The summed E-state index contributed by atoms with van der Waals surface area (Å²) in [5, 5.41) is 11.5. The fourth-order valence-corrected chi connectivity index (χ4v) is 2.00. The number of hydrogen-bond acceptors (Lipinski definition) is 4. The molecule has 1 saturated heterocycles. The van der Waals surface area contributed by atoms with E-state index in [9.17, 15) is 4.79 Å². The maximum absolute atomic E-state index is 11.0. The molecular formula is C11H16N2O3. The fourth-order valence-electron chi connectivity index (χ4n) is 2.00. The zero-order valence-electron chi connectivity index (χ0n) is 9.06. The lowest BCUT2D eigenvalue weighted by molar-refractivity contribution is -0.117. The summed E-state index contributed by atoms with van der Waals surface area (Å²) in [4.78, 5) is 12.9. The van der Waals surface area contributed by atoms with Gasteiger partial charge in [-0.2, -0.15) is 0 Å². The summed E-state index contributed by atoms with van der Waals surface area (Å²) in [5.41, 5.74) is 0. The van der Waals surface area contributed by atoms with E-state index in [2.05, 4.69) is 11.9 Å². The summed E-state index contributed by atoms with van der Waals surface area (Å²) in [7, 11) is 0. The van der Waals surface area contributed by atoms with Crippen LogP contribution in [0.2, 0.25) is 0 Å². The third-order valence-corrected chi connectivity index (χ3v) is 2.81. The van der Waals surface area contributed by atoms with Crippen LogP contribution in [0.1, 0.15) is 19.3 Å². The largest absolute Gasteiger partial charge is 0.396 e. The van der Waals surface area contributed by atoms with Crippen molar-refractivity contribution in [2.45, 2.75) is 31.6 Å². The van der Waals surface area contributed by atoms with Gasteiger partial charge in [0.05, 0.1) is 6.10 Å². The lowest BCUT2D eigenvalue weighted by atomic mass is 10.2. The van der Waals surface area contributed by atoms with Gasteiger partial charge in [-0.1, -0.05) is 6.58 Å². The maximum Gasteiger partial charge on any atom is 0.250 e. The summed E-state index contributed by atoms with van der Waals surface area (Å²) < 4.78 is 5.75. The van der Waals surface area contributed by atoms with Gasteiger partial charge in [0, 0.05) is 18.9 Å². The molecule has 2 aliphatic rings. The quantitative estimate of drug-likeness (QED) is 0.723. The molecule has 0 aromatic rings. The Balaban J connectivity index is 1.96. The predicted octanol–water partition coefficient (Wildman–Crippen LogP) is 0.291. The van der Waals surface area contributed by atoms with Gasteiger partial charge in [0.25, 0.3) is 5.91 Å². The minimum Gasteiger partial charge on any atom is -0.396 e. The molecule has 0 aromatic carbocycles. The van der Waals surface area contributed by atoms with E-state index >= 15 is 0 Å². The van der Waals surface area contributed by atoms with E-state index < -0.39 is 0 Å². The highest BCUT2D eigenvalue weighted by Crippen LogP contribution is 2.27. The number of nitrogens with zero attached hydrogens (tertiary/aromatic N) is 1. The first-order valence-electron chi connectivity index (χ1n) is 5.43. The summed E-state index contributed by atoms with van der Waals surface area (Å²) in [5.74, 6) is 0.383. The van der Waals surface area contributed by atoms with E-state index in [1.165, 1.54) is 6.08 Å². The van der Waals surface area contributed by atoms with Crippen molar-refractivity contribution in [2.24, 2.45) is 0 Å². The molecular weight excluding hydrogens is 208 g/mol. The molecule has 16 heavy (non-hydrogen) atoms. The van der Waals surface area contributed by atoms with Gasteiger partial charge in [-0.25, -0.2) is 0 Å². The van der Waals surface area contributed by atoms with Crippen LogP contribution in [0.3, 0.4) is 0 Å². The average Bonchev–Trinajstić information content (AvgIpc) is 2.67. The van der Waals surface area contributed by atoms with E-state index in [4.69, 9.17) is 9.84 Å². The van der Waals surface area contributed by atoms with Crippen LogP contribution in [0.25, 0.3) is 0 Å². The normalized spacial score (nSPS) is 29.7. The number of aliphatic hydroxyl groups excluding tert-OH is 1. The van der Waals surface area contributed by atoms with Crippen LogP contribution in [0.15, 0.2) is 24.7 Å². The lowest BCUT2D eigenvalue weighted by Gasteiger charge is -2.31. The first-order chi connectivity index (χ1) is 7.70. The third kappa shape index (κ3) is 2.25. The first kappa shape index (κ1) is 11.2. The Morgan fingerprint density at radius 1 is 1.62 bits per heavy atom. The number of hydrogen-bond donors (Lipinski definition) is 2. The number of carbonyl (C=O) groups is 1. The van der Waals surface area contributed by atoms with Gasteiger partial charge < -0.3 is 20.1 Å². The first-order valence-corrected chi connectivity index (χ1v) is 5.43. The van der Waals surface area contributed by atoms with E-state index in [1.54, 1.807) is 6.20 Å². The molecule has 2 heterocycles. The van der Waals surface area contributed by atoms with Crippen molar-refractivity contribution in [1.82, 2.24) is 10.2 Å². The summed E-state index contributed by atoms with van der Waals surface area (Å²) in [6, 6.07) is 0. The second kappa shape index (κ2) is 4.67. The molecule has 0 aliphatic carbocycles. The minimum atomic E-state index is -0.161. The maximum atomic E-state index is 11.0. The number of carbonyl (C=O) groups excluding carboxylic acids is 1. The van der Waals surface area contributed by atoms with E-state index in [0.29, 0.717) is 12.2 Å². The number of rotatable bonds is 3. The third-order valence-electron chi connectivity index (χ3n) is 2.81. The molecule has 2 aliphatic heterocycles. The van der Waals surface area contributed by atoms with Crippen molar-refractivity contribution < 1.29 is 14.6 Å². The summed E-state index contributed by atoms with van der Waals surface area (Å²) >= 11 is 0.